The van der Waals surface area contributed by atoms with Gasteiger partial charge in [0.15, 0.2) is 0 Å². The fourth-order valence-electron chi connectivity index (χ4n) is 2.06. The molecule has 2 unspecified atom stereocenters. The molecular formula is C11H17N3O2. The standard InChI is InChI=1S/C11H17N3O2/c1-7-9(4-5-15-7)11-14-13-10(16-11)6-12-8-2-3-8/h7-9,12H,2-6H2,1H3. The van der Waals surface area contributed by atoms with E-state index in [4.69, 9.17) is 9.15 Å². The van der Waals surface area contributed by atoms with Gasteiger partial charge in [0.05, 0.1) is 18.6 Å². The smallest absolute Gasteiger partial charge is 0.230 e. The Hall–Kier alpha value is -0.940. The van der Waals surface area contributed by atoms with Gasteiger partial charge in [-0.1, -0.05) is 0 Å². The minimum absolute atomic E-state index is 0.199. The molecule has 1 saturated carbocycles. The number of hydrogen-bond donors (Lipinski definition) is 1. The molecule has 1 saturated heterocycles. The predicted molar refractivity (Wildman–Crippen MR) is 56.9 cm³/mol. The van der Waals surface area contributed by atoms with Crippen LogP contribution in [0.25, 0.3) is 0 Å². The van der Waals surface area contributed by atoms with Crippen molar-refractivity contribution in [3.63, 3.8) is 0 Å². The van der Waals surface area contributed by atoms with E-state index in [2.05, 4.69) is 22.4 Å². The van der Waals surface area contributed by atoms with Crippen LogP contribution in [0, 0.1) is 0 Å². The molecule has 0 spiro atoms. The Morgan fingerprint density at radius 2 is 2.19 bits per heavy atom. The van der Waals surface area contributed by atoms with Gasteiger partial charge < -0.3 is 14.5 Å². The summed E-state index contributed by atoms with van der Waals surface area (Å²) in [5, 5.41) is 11.5. The molecule has 0 aromatic carbocycles. The van der Waals surface area contributed by atoms with Crippen LogP contribution in [0.3, 0.4) is 0 Å². The molecule has 2 fully saturated rings. The molecule has 1 aliphatic carbocycles. The van der Waals surface area contributed by atoms with Crippen molar-refractivity contribution in [2.75, 3.05) is 6.61 Å². The topological polar surface area (TPSA) is 60.2 Å². The lowest BCUT2D eigenvalue weighted by atomic mass is 10.0. The summed E-state index contributed by atoms with van der Waals surface area (Å²) in [7, 11) is 0. The number of aromatic nitrogens is 2. The Kier molecular flexibility index (Phi) is 2.65. The van der Waals surface area contributed by atoms with Crippen LogP contribution in [0.2, 0.25) is 0 Å². The quantitative estimate of drug-likeness (QED) is 0.831. The molecule has 0 radical (unpaired) electrons. The van der Waals surface area contributed by atoms with Gasteiger partial charge in [0, 0.05) is 12.6 Å². The van der Waals surface area contributed by atoms with Crippen molar-refractivity contribution < 1.29 is 9.15 Å². The molecule has 88 valence electrons. The van der Waals surface area contributed by atoms with E-state index in [0.29, 0.717) is 18.5 Å². The van der Waals surface area contributed by atoms with E-state index in [9.17, 15) is 0 Å². The van der Waals surface area contributed by atoms with Crippen molar-refractivity contribution in [3.05, 3.63) is 11.8 Å². The highest BCUT2D eigenvalue weighted by Gasteiger charge is 2.30. The molecular weight excluding hydrogens is 206 g/mol. The molecule has 16 heavy (non-hydrogen) atoms. The Bertz CT molecular complexity index is 362. The fourth-order valence-corrected chi connectivity index (χ4v) is 2.06. The van der Waals surface area contributed by atoms with Crippen LogP contribution in [-0.4, -0.2) is 29.0 Å². The van der Waals surface area contributed by atoms with E-state index < -0.39 is 0 Å². The van der Waals surface area contributed by atoms with Gasteiger partial charge in [-0.05, 0) is 26.2 Å². The zero-order valence-corrected chi connectivity index (χ0v) is 9.48. The normalized spacial score (nSPS) is 29.8. The average molecular weight is 223 g/mol. The summed E-state index contributed by atoms with van der Waals surface area (Å²) in [4.78, 5) is 0. The third kappa shape index (κ3) is 2.10. The lowest BCUT2D eigenvalue weighted by molar-refractivity contribution is 0.114. The summed E-state index contributed by atoms with van der Waals surface area (Å²) in [5.41, 5.74) is 0. The van der Waals surface area contributed by atoms with Crippen molar-refractivity contribution >= 4 is 0 Å². The van der Waals surface area contributed by atoms with Crippen molar-refractivity contribution in [3.8, 4) is 0 Å². The van der Waals surface area contributed by atoms with Gasteiger partial charge >= 0.3 is 0 Å². The first-order chi connectivity index (χ1) is 7.83. The molecule has 5 nitrogen and oxygen atoms in total. The molecule has 2 heterocycles. The fraction of sp³-hybridized carbons (Fsp3) is 0.818. The molecule has 0 bridgehead atoms. The second kappa shape index (κ2) is 4.14. The SMILES string of the molecule is CC1OCCC1c1nnc(CNC2CC2)o1. The molecule has 2 atom stereocenters. The highest BCUT2D eigenvalue weighted by atomic mass is 16.5. The molecule has 3 rings (SSSR count). The Balaban J connectivity index is 1.62. The number of rotatable bonds is 4. The van der Waals surface area contributed by atoms with E-state index in [1.54, 1.807) is 0 Å². The summed E-state index contributed by atoms with van der Waals surface area (Å²) in [6, 6.07) is 0.670. The second-order valence-corrected chi connectivity index (χ2v) is 4.66. The third-order valence-electron chi connectivity index (χ3n) is 3.30. The Morgan fingerprint density at radius 1 is 1.31 bits per heavy atom. The van der Waals surface area contributed by atoms with Gasteiger partial charge in [0.2, 0.25) is 11.8 Å². The monoisotopic (exact) mass is 223 g/mol. The lowest BCUT2D eigenvalue weighted by Gasteiger charge is -2.08. The van der Waals surface area contributed by atoms with Crippen molar-refractivity contribution in [2.24, 2.45) is 0 Å². The lowest BCUT2D eigenvalue weighted by Crippen LogP contribution is -2.15. The second-order valence-electron chi connectivity index (χ2n) is 4.66. The first kappa shape index (κ1) is 10.2. The molecule has 0 amide bonds. The van der Waals surface area contributed by atoms with Gasteiger partial charge in [-0.25, -0.2) is 0 Å². The first-order valence-electron chi connectivity index (χ1n) is 6.00. The molecule has 5 heteroatoms. The first-order valence-corrected chi connectivity index (χ1v) is 6.00. The van der Waals surface area contributed by atoms with Crippen molar-refractivity contribution in [2.45, 2.75) is 50.8 Å². The van der Waals surface area contributed by atoms with E-state index in [0.717, 1.165) is 18.9 Å². The minimum atomic E-state index is 0.199. The highest BCUT2D eigenvalue weighted by molar-refractivity contribution is 4.97. The summed E-state index contributed by atoms with van der Waals surface area (Å²) in [5.74, 6) is 1.71. The van der Waals surface area contributed by atoms with Gasteiger partial charge in [0.25, 0.3) is 0 Å². The molecule has 1 aromatic rings. The maximum absolute atomic E-state index is 5.65. The zero-order chi connectivity index (χ0) is 11.0. The molecule has 2 aliphatic rings. The summed E-state index contributed by atoms with van der Waals surface area (Å²) in [6.45, 7) is 3.55. The highest BCUT2D eigenvalue weighted by Crippen LogP contribution is 2.30. The van der Waals surface area contributed by atoms with Crippen LogP contribution in [0.15, 0.2) is 4.42 Å². The number of hydrogen-bond acceptors (Lipinski definition) is 5. The van der Waals surface area contributed by atoms with E-state index in [-0.39, 0.29) is 12.0 Å². The summed E-state index contributed by atoms with van der Waals surface area (Å²) >= 11 is 0. The van der Waals surface area contributed by atoms with Crippen molar-refractivity contribution in [1.29, 1.82) is 0 Å². The maximum atomic E-state index is 5.65. The van der Waals surface area contributed by atoms with Crippen LogP contribution < -0.4 is 5.32 Å². The van der Waals surface area contributed by atoms with E-state index in [1.807, 2.05) is 0 Å². The Labute approximate surface area is 94.6 Å². The van der Waals surface area contributed by atoms with Gasteiger partial charge in [-0.3, -0.25) is 0 Å². The van der Waals surface area contributed by atoms with Gasteiger partial charge in [0.1, 0.15) is 0 Å². The summed E-state index contributed by atoms with van der Waals surface area (Å²) in [6.07, 6.45) is 3.73. The molecule has 1 N–H and O–H groups in total. The number of nitrogens with zero attached hydrogens (tertiary/aromatic N) is 2. The van der Waals surface area contributed by atoms with Gasteiger partial charge in [-0.15, -0.1) is 10.2 Å². The predicted octanol–water partition coefficient (Wildman–Crippen LogP) is 1.21. The largest absolute Gasteiger partial charge is 0.423 e. The van der Waals surface area contributed by atoms with Gasteiger partial charge in [-0.2, -0.15) is 0 Å². The van der Waals surface area contributed by atoms with Crippen LogP contribution in [-0.2, 0) is 11.3 Å². The number of nitrogens with one attached hydrogen (secondary N) is 1. The molecule has 1 aromatic heterocycles. The van der Waals surface area contributed by atoms with Crippen LogP contribution in [0.5, 0.6) is 0 Å². The third-order valence-corrected chi connectivity index (χ3v) is 3.30. The molecule has 1 aliphatic heterocycles. The number of ether oxygens (including phenoxy) is 1. The zero-order valence-electron chi connectivity index (χ0n) is 9.48. The van der Waals surface area contributed by atoms with Crippen LogP contribution in [0.4, 0.5) is 0 Å². The van der Waals surface area contributed by atoms with Crippen LogP contribution in [0.1, 0.15) is 43.9 Å². The van der Waals surface area contributed by atoms with Crippen LogP contribution >= 0.6 is 0 Å². The minimum Gasteiger partial charge on any atom is -0.423 e. The average Bonchev–Trinajstić information content (AvgIpc) is 2.82. The van der Waals surface area contributed by atoms with E-state index in [1.165, 1.54) is 12.8 Å². The van der Waals surface area contributed by atoms with Crippen molar-refractivity contribution in [1.82, 2.24) is 15.5 Å². The summed E-state index contributed by atoms with van der Waals surface area (Å²) < 4.78 is 11.1. The Morgan fingerprint density at radius 3 is 2.88 bits per heavy atom. The van der Waals surface area contributed by atoms with E-state index >= 15 is 0 Å². The maximum Gasteiger partial charge on any atom is 0.230 e.